The molecule has 0 aromatic heterocycles. The van der Waals surface area contributed by atoms with Gasteiger partial charge < -0.3 is 10.1 Å². The van der Waals surface area contributed by atoms with Gasteiger partial charge in [0.25, 0.3) is 0 Å². The fraction of sp³-hybridized carbons (Fsp3) is 0.667. The molecular weight excluding hydrogens is 154 g/mol. The average molecular weight is 171 g/mol. The number of ether oxygens (including phenoxy) is 1. The van der Waals surface area contributed by atoms with Crippen LogP contribution in [0, 0.1) is 0 Å². The fourth-order valence-electron chi connectivity index (χ4n) is 0.774. The first-order valence-electron chi connectivity index (χ1n) is 4.28. The number of carbonyl (C=O) groups is 1. The molecule has 0 aromatic carbocycles. The zero-order valence-corrected chi connectivity index (χ0v) is 7.64. The standard InChI is InChI=1S/C9H17NO2/c1-3-5-6-7-10-8-9(11)12-4-2/h3,10H,1,4-8H2,2H3. The molecule has 0 saturated heterocycles. The molecule has 0 rings (SSSR count). The Bertz CT molecular complexity index is 134. The number of carbonyl (C=O) groups excluding carboxylic acids is 1. The van der Waals surface area contributed by atoms with Gasteiger partial charge in [0.05, 0.1) is 13.2 Å². The normalized spacial score (nSPS) is 9.42. The van der Waals surface area contributed by atoms with Crippen LogP contribution in [0.4, 0.5) is 0 Å². The molecule has 0 aromatic rings. The number of nitrogens with one attached hydrogen (secondary N) is 1. The summed E-state index contributed by atoms with van der Waals surface area (Å²) in [7, 11) is 0. The molecule has 3 nitrogen and oxygen atoms in total. The van der Waals surface area contributed by atoms with Crippen molar-refractivity contribution in [3.63, 3.8) is 0 Å². The summed E-state index contributed by atoms with van der Waals surface area (Å²) >= 11 is 0. The van der Waals surface area contributed by atoms with Crippen molar-refractivity contribution in [1.82, 2.24) is 5.32 Å². The van der Waals surface area contributed by atoms with E-state index < -0.39 is 0 Å². The Labute approximate surface area is 73.8 Å². The summed E-state index contributed by atoms with van der Waals surface area (Å²) in [6, 6.07) is 0. The molecule has 0 aliphatic heterocycles. The van der Waals surface area contributed by atoms with Crippen LogP contribution in [0.2, 0.25) is 0 Å². The van der Waals surface area contributed by atoms with Gasteiger partial charge in [-0.25, -0.2) is 0 Å². The maximum Gasteiger partial charge on any atom is 0.319 e. The number of unbranched alkanes of at least 4 members (excludes halogenated alkanes) is 1. The average Bonchev–Trinajstić information content (AvgIpc) is 2.05. The molecule has 0 heterocycles. The van der Waals surface area contributed by atoms with E-state index in [4.69, 9.17) is 4.74 Å². The van der Waals surface area contributed by atoms with Crippen LogP contribution in [0.1, 0.15) is 19.8 Å². The van der Waals surface area contributed by atoms with E-state index >= 15 is 0 Å². The molecule has 70 valence electrons. The molecule has 12 heavy (non-hydrogen) atoms. The number of hydrogen-bond acceptors (Lipinski definition) is 3. The summed E-state index contributed by atoms with van der Waals surface area (Å²) in [6.07, 6.45) is 3.87. The topological polar surface area (TPSA) is 38.3 Å². The molecule has 0 unspecified atom stereocenters. The van der Waals surface area contributed by atoms with Gasteiger partial charge in [-0.15, -0.1) is 6.58 Å². The molecule has 0 radical (unpaired) electrons. The van der Waals surface area contributed by atoms with E-state index in [9.17, 15) is 4.79 Å². The molecule has 0 bridgehead atoms. The van der Waals surface area contributed by atoms with E-state index in [1.54, 1.807) is 6.92 Å². The van der Waals surface area contributed by atoms with E-state index in [-0.39, 0.29) is 5.97 Å². The molecule has 1 N–H and O–H groups in total. The van der Waals surface area contributed by atoms with Gasteiger partial charge >= 0.3 is 5.97 Å². The highest BCUT2D eigenvalue weighted by atomic mass is 16.5. The number of esters is 1. The van der Waals surface area contributed by atoms with Gasteiger partial charge in [0, 0.05) is 0 Å². The predicted octanol–water partition coefficient (Wildman–Crippen LogP) is 1.11. The highest BCUT2D eigenvalue weighted by Crippen LogP contribution is 1.85. The minimum Gasteiger partial charge on any atom is -0.465 e. The summed E-state index contributed by atoms with van der Waals surface area (Å²) in [4.78, 5) is 10.8. The van der Waals surface area contributed by atoms with Crippen LogP contribution in [-0.2, 0) is 9.53 Å². The zero-order valence-electron chi connectivity index (χ0n) is 7.64. The summed E-state index contributed by atoms with van der Waals surface area (Å²) in [5.41, 5.74) is 0. The Morgan fingerprint density at radius 3 is 3.00 bits per heavy atom. The molecular formula is C9H17NO2. The van der Waals surface area contributed by atoms with Crippen molar-refractivity contribution in [2.75, 3.05) is 19.7 Å². The predicted molar refractivity (Wildman–Crippen MR) is 48.9 cm³/mol. The number of rotatable bonds is 7. The van der Waals surface area contributed by atoms with Gasteiger partial charge in [-0.3, -0.25) is 4.79 Å². The summed E-state index contributed by atoms with van der Waals surface area (Å²) in [5.74, 6) is -0.184. The highest BCUT2D eigenvalue weighted by molar-refractivity contribution is 5.71. The van der Waals surface area contributed by atoms with E-state index in [1.165, 1.54) is 0 Å². The highest BCUT2D eigenvalue weighted by Gasteiger charge is 1.98. The van der Waals surface area contributed by atoms with Crippen molar-refractivity contribution < 1.29 is 9.53 Å². The van der Waals surface area contributed by atoms with Gasteiger partial charge in [0.2, 0.25) is 0 Å². The first-order chi connectivity index (χ1) is 5.81. The maximum atomic E-state index is 10.8. The third-order valence-electron chi connectivity index (χ3n) is 1.34. The second kappa shape index (κ2) is 8.27. The minimum atomic E-state index is -0.184. The Hall–Kier alpha value is -0.830. The van der Waals surface area contributed by atoms with Crippen LogP contribution in [-0.4, -0.2) is 25.7 Å². The largest absolute Gasteiger partial charge is 0.465 e. The Kier molecular flexibility index (Phi) is 7.70. The van der Waals surface area contributed by atoms with E-state index in [1.807, 2.05) is 6.08 Å². The minimum absolute atomic E-state index is 0.184. The number of hydrogen-bond donors (Lipinski definition) is 1. The third-order valence-corrected chi connectivity index (χ3v) is 1.34. The van der Waals surface area contributed by atoms with Gasteiger partial charge in [0.15, 0.2) is 0 Å². The van der Waals surface area contributed by atoms with Gasteiger partial charge in [-0.05, 0) is 26.3 Å². The lowest BCUT2D eigenvalue weighted by atomic mass is 10.3. The van der Waals surface area contributed by atoms with E-state index in [0.29, 0.717) is 13.2 Å². The van der Waals surface area contributed by atoms with Crippen LogP contribution in [0.3, 0.4) is 0 Å². The van der Waals surface area contributed by atoms with E-state index in [0.717, 1.165) is 19.4 Å². The van der Waals surface area contributed by atoms with Crippen LogP contribution in [0.25, 0.3) is 0 Å². The van der Waals surface area contributed by atoms with E-state index in [2.05, 4.69) is 11.9 Å². The molecule has 3 heteroatoms. The first-order valence-corrected chi connectivity index (χ1v) is 4.28. The lowest BCUT2D eigenvalue weighted by Gasteiger charge is -2.02. The number of allylic oxidation sites excluding steroid dienone is 1. The monoisotopic (exact) mass is 171 g/mol. The lowest BCUT2D eigenvalue weighted by Crippen LogP contribution is -2.25. The Morgan fingerprint density at radius 1 is 1.67 bits per heavy atom. The van der Waals surface area contributed by atoms with Crippen molar-refractivity contribution in [2.24, 2.45) is 0 Å². The van der Waals surface area contributed by atoms with Gasteiger partial charge in [-0.1, -0.05) is 6.08 Å². The molecule has 0 amide bonds. The van der Waals surface area contributed by atoms with Crippen molar-refractivity contribution in [2.45, 2.75) is 19.8 Å². The lowest BCUT2D eigenvalue weighted by molar-refractivity contribution is -0.141. The van der Waals surface area contributed by atoms with Crippen molar-refractivity contribution in [3.8, 4) is 0 Å². The SMILES string of the molecule is C=CCCCNCC(=O)OCC. The van der Waals surface area contributed by atoms with Crippen molar-refractivity contribution in [3.05, 3.63) is 12.7 Å². The maximum absolute atomic E-state index is 10.8. The van der Waals surface area contributed by atoms with Crippen LogP contribution in [0.15, 0.2) is 12.7 Å². The smallest absolute Gasteiger partial charge is 0.319 e. The van der Waals surface area contributed by atoms with Gasteiger partial charge in [0.1, 0.15) is 0 Å². The molecule has 0 aliphatic rings. The van der Waals surface area contributed by atoms with Crippen LogP contribution < -0.4 is 5.32 Å². The first kappa shape index (κ1) is 11.2. The molecule has 0 spiro atoms. The zero-order chi connectivity index (χ0) is 9.23. The molecule has 0 fully saturated rings. The Balaban J connectivity index is 3.08. The summed E-state index contributed by atoms with van der Waals surface area (Å²) in [5, 5.41) is 2.98. The molecule has 0 aliphatic carbocycles. The second-order valence-corrected chi connectivity index (χ2v) is 2.41. The summed E-state index contributed by atoms with van der Waals surface area (Å²) < 4.78 is 4.73. The summed E-state index contributed by atoms with van der Waals surface area (Å²) in [6.45, 7) is 7.00. The van der Waals surface area contributed by atoms with Crippen LogP contribution >= 0.6 is 0 Å². The quantitative estimate of drug-likeness (QED) is 0.354. The Morgan fingerprint density at radius 2 is 2.42 bits per heavy atom. The van der Waals surface area contributed by atoms with Crippen molar-refractivity contribution >= 4 is 5.97 Å². The van der Waals surface area contributed by atoms with Crippen molar-refractivity contribution in [1.29, 1.82) is 0 Å². The molecule has 0 atom stereocenters. The van der Waals surface area contributed by atoms with Gasteiger partial charge in [-0.2, -0.15) is 0 Å². The molecule has 0 saturated carbocycles. The third kappa shape index (κ3) is 7.28. The second-order valence-electron chi connectivity index (χ2n) is 2.41. The fourth-order valence-corrected chi connectivity index (χ4v) is 0.774. The van der Waals surface area contributed by atoms with Crippen LogP contribution in [0.5, 0.6) is 0 Å².